The van der Waals surface area contributed by atoms with Gasteiger partial charge in [0.2, 0.25) is 5.83 Å². The summed E-state index contributed by atoms with van der Waals surface area (Å²) in [6.45, 7) is 4.43. The van der Waals surface area contributed by atoms with Crippen LogP contribution in [-0.2, 0) is 4.79 Å². The van der Waals surface area contributed by atoms with E-state index in [4.69, 9.17) is 9.47 Å². The molecule has 5 heteroatoms. The maximum atomic E-state index is 12.4. The van der Waals surface area contributed by atoms with Gasteiger partial charge in [0, 0.05) is 6.54 Å². The predicted octanol–water partition coefficient (Wildman–Crippen LogP) is 2.41. The van der Waals surface area contributed by atoms with E-state index in [1.54, 1.807) is 24.3 Å². The van der Waals surface area contributed by atoms with Gasteiger partial charge >= 0.3 is 5.97 Å². The van der Waals surface area contributed by atoms with Gasteiger partial charge in [-0.1, -0.05) is 6.58 Å². The Balaban J connectivity index is 2.39. The predicted molar refractivity (Wildman–Crippen MR) is 71.0 cm³/mol. The fraction of sp³-hybridized carbons (Fsp3) is 0.357. The maximum Gasteiger partial charge on any atom is 0.371 e. The molecule has 0 radical (unpaired) electrons. The fourth-order valence-electron chi connectivity index (χ4n) is 1.34. The molecule has 0 saturated heterocycles. The lowest BCUT2D eigenvalue weighted by atomic mass is 10.3. The number of rotatable bonds is 7. The van der Waals surface area contributed by atoms with E-state index in [0.717, 1.165) is 13.0 Å². The molecule has 0 spiro atoms. The number of benzene rings is 1. The van der Waals surface area contributed by atoms with Gasteiger partial charge in [-0.15, -0.1) is 0 Å². The molecule has 1 aromatic rings. The van der Waals surface area contributed by atoms with E-state index in [1.807, 2.05) is 14.1 Å². The normalized spacial score (nSPS) is 10.3. The summed E-state index contributed by atoms with van der Waals surface area (Å²) >= 11 is 0. The van der Waals surface area contributed by atoms with E-state index in [2.05, 4.69) is 11.5 Å². The molecule has 0 heterocycles. The molecular formula is C14H18FNO3. The number of hydrogen-bond donors (Lipinski definition) is 0. The number of carbonyl (C=O) groups is 1. The Morgan fingerprint density at radius 2 is 1.84 bits per heavy atom. The number of nitrogens with zero attached hydrogens (tertiary/aromatic N) is 1. The zero-order valence-electron chi connectivity index (χ0n) is 11.2. The van der Waals surface area contributed by atoms with Crippen molar-refractivity contribution in [3.63, 3.8) is 0 Å². The van der Waals surface area contributed by atoms with Crippen LogP contribution in [0.25, 0.3) is 0 Å². The van der Waals surface area contributed by atoms with Crippen molar-refractivity contribution in [2.45, 2.75) is 6.42 Å². The Bertz CT molecular complexity index is 429. The summed E-state index contributed by atoms with van der Waals surface area (Å²) < 4.78 is 22.7. The molecule has 1 rings (SSSR count). The van der Waals surface area contributed by atoms with Crippen LogP contribution in [0.2, 0.25) is 0 Å². The number of halogens is 1. The smallest absolute Gasteiger partial charge is 0.371 e. The summed E-state index contributed by atoms with van der Waals surface area (Å²) in [5.74, 6) is -1.27. The van der Waals surface area contributed by atoms with Gasteiger partial charge in [-0.25, -0.2) is 4.79 Å². The summed E-state index contributed by atoms with van der Waals surface area (Å²) in [5.41, 5.74) is 0. The van der Waals surface area contributed by atoms with Crippen molar-refractivity contribution in [3.8, 4) is 11.5 Å². The highest BCUT2D eigenvalue weighted by molar-refractivity contribution is 5.87. The van der Waals surface area contributed by atoms with E-state index in [-0.39, 0.29) is 5.75 Å². The number of carbonyl (C=O) groups excluding carboxylic acids is 1. The Morgan fingerprint density at radius 1 is 1.26 bits per heavy atom. The van der Waals surface area contributed by atoms with Gasteiger partial charge in [-0.05, 0) is 44.8 Å². The van der Waals surface area contributed by atoms with Crippen molar-refractivity contribution >= 4 is 5.97 Å². The summed E-state index contributed by atoms with van der Waals surface area (Å²) in [4.78, 5) is 13.0. The molecule has 0 bridgehead atoms. The molecule has 0 fully saturated rings. The summed E-state index contributed by atoms with van der Waals surface area (Å²) in [7, 11) is 4.00. The van der Waals surface area contributed by atoms with Crippen LogP contribution in [0.15, 0.2) is 36.7 Å². The first-order valence-corrected chi connectivity index (χ1v) is 5.93. The number of esters is 1. The monoisotopic (exact) mass is 267 g/mol. The SMILES string of the molecule is C=C(F)C(=O)Oc1ccc(OCCCN(C)C)cc1. The van der Waals surface area contributed by atoms with Crippen molar-refractivity contribution in [3.05, 3.63) is 36.7 Å². The average molecular weight is 267 g/mol. The molecule has 0 aliphatic rings. The topological polar surface area (TPSA) is 38.8 Å². The third-order valence-corrected chi connectivity index (χ3v) is 2.27. The molecule has 4 nitrogen and oxygen atoms in total. The molecule has 0 aliphatic carbocycles. The van der Waals surface area contributed by atoms with Gasteiger partial charge in [-0.2, -0.15) is 4.39 Å². The van der Waals surface area contributed by atoms with Gasteiger partial charge in [0.05, 0.1) is 6.61 Å². The first-order chi connectivity index (χ1) is 8.99. The summed E-state index contributed by atoms with van der Waals surface area (Å²) in [6.07, 6.45) is 0.922. The Labute approximate surface area is 112 Å². The van der Waals surface area contributed by atoms with Crippen LogP contribution in [-0.4, -0.2) is 38.1 Å². The zero-order valence-corrected chi connectivity index (χ0v) is 11.2. The van der Waals surface area contributed by atoms with Crippen molar-refractivity contribution in [2.24, 2.45) is 0 Å². The largest absolute Gasteiger partial charge is 0.494 e. The van der Waals surface area contributed by atoms with E-state index in [9.17, 15) is 9.18 Å². The Morgan fingerprint density at radius 3 is 2.37 bits per heavy atom. The molecule has 1 aromatic carbocycles. The average Bonchev–Trinajstić information content (AvgIpc) is 2.36. The molecule has 104 valence electrons. The van der Waals surface area contributed by atoms with Crippen LogP contribution in [0.1, 0.15) is 6.42 Å². The standard InChI is InChI=1S/C14H18FNO3/c1-11(15)14(17)19-13-7-5-12(6-8-13)18-10-4-9-16(2)3/h5-8H,1,4,9-10H2,2-3H3. The third-order valence-electron chi connectivity index (χ3n) is 2.27. The molecule has 0 saturated carbocycles. The first-order valence-electron chi connectivity index (χ1n) is 5.93. The lowest BCUT2D eigenvalue weighted by Gasteiger charge is -2.10. The summed E-state index contributed by atoms with van der Waals surface area (Å²) in [5, 5.41) is 0. The van der Waals surface area contributed by atoms with E-state index < -0.39 is 11.8 Å². The second-order valence-electron chi connectivity index (χ2n) is 4.27. The second-order valence-corrected chi connectivity index (χ2v) is 4.27. The Kier molecular flexibility index (Phi) is 6.02. The highest BCUT2D eigenvalue weighted by Crippen LogP contribution is 2.18. The minimum Gasteiger partial charge on any atom is -0.494 e. The van der Waals surface area contributed by atoms with E-state index in [1.165, 1.54) is 0 Å². The lowest BCUT2D eigenvalue weighted by Crippen LogP contribution is -2.15. The van der Waals surface area contributed by atoms with Crippen LogP contribution >= 0.6 is 0 Å². The van der Waals surface area contributed by atoms with Gasteiger partial charge < -0.3 is 14.4 Å². The van der Waals surface area contributed by atoms with Crippen molar-refractivity contribution in [1.82, 2.24) is 4.90 Å². The Hall–Kier alpha value is -1.88. The second kappa shape index (κ2) is 7.53. The molecular weight excluding hydrogens is 249 g/mol. The van der Waals surface area contributed by atoms with Crippen LogP contribution in [0, 0.1) is 0 Å². The van der Waals surface area contributed by atoms with E-state index in [0.29, 0.717) is 12.4 Å². The maximum absolute atomic E-state index is 12.4. The van der Waals surface area contributed by atoms with Crippen LogP contribution in [0.4, 0.5) is 4.39 Å². The molecule has 0 N–H and O–H groups in total. The molecule has 0 amide bonds. The third kappa shape index (κ3) is 6.01. The first kappa shape index (κ1) is 15.2. The van der Waals surface area contributed by atoms with Crippen molar-refractivity contribution in [1.29, 1.82) is 0 Å². The summed E-state index contributed by atoms with van der Waals surface area (Å²) in [6, 6.07) is 6.42. The van der Waals surface area contributed by atoms with Gasteiger partial charge in [0.1, 0.15) is 11.5 Å². The molecule has 0 atom stereocenters. The molecule has 19 heavy (non-hydrogen) atoms. The van der Waals surface area contributed by atoms with Gasteiger partial charge in [-0.3, -0.25) is 0 Å². The van der Waals surface area contributed by atoms with Crippen LogP contribution in [0.3, 0.4) is 0 Å². The van der Waals surface area contributed by atoms with Gasteiger partial charge in [0.15, 0.2) is 0 Å². The minimum atomic E-state index is -1.12. The quantitative estimate of drug-likeness (QED) is 0.329. The zero-order chi connectivity index (χ0) is 14.3. The van der Waals surface area contributed by atoms with Crippen LogP contribution in [0.5, 0.6) is 11.5 Å². The van der Waals surface area contributed by atoms with Crippen molar-refractivity contribution in [2.75, 3.05) is 27.2 Å². The molecule has 0 aromatic heterocycles. The highest BCUT2D eigenvalue weighted by atomic mass is 19.1. The number of hydrogen-bond acceptors (Lipinski definition) is 4. The van der Waals surface area contributed by atoms with Crippen molar-refractivity contribution < 1.29 is 18.7 Å². The highest BCUT2D eigenvalue weighted by Gasteiger charge is 2.08. The van der Waals surface area contributed by atoms with E-state index >= 15 is 0 Å². The molecule has 0 aliphatic heterocycles. The molecule has 0 unspecified atom stereocenters. The fourth-order valence-corrected chi connectivity index (χ4v) is 1.34. The van der Waals surface area contributed by atoms with Gasteiger partial charge in [0.25, 0.3) is 0 Å². The number of ether oxygens (including phenoxy) is 2. The minimum absolute atomic E-state index is 0.254. The lowest BCUT2D eigenvalue weighted by molar-refractivity contribution is -0.131. The van der Waals surface area contributed by atoms with Crippen LogP contribution < -0.4 is 9.47 Å².